The van der Waals surface area contributed by atoms with Crippen molar-refractivity contribution in [1.82, 2.24) is 0 Å². The topological polar surface area (TPSA) is 0 Å². The summed E-state index contributed by atoms with van der Waals surface area (Å²) in [6.07, 6.45) is 4.00. The van der Waals surface area contributed by atoms with Crippen molar-refractivity contribution in [2.75, 3.05) is 5.50 Å². The van der Waals surface area contributed by atoms with Gasteiger partial charge in [0.1, 0.15) is 0 Å². The zero-order valence-electron chi connectivity index (χ0n) is 8.83. The maximum Gasteiger partial charge on any atom is 0.0700 e. The first-order valence-corrected chi connectivity index (χ1v) is 8.67. The Labute approximate surface area is 83.7 Å². The highest BCUT2D eigenvalue weighted by atomic mass is 35.5. The van der Waals surface area contributed by atoms with Gasteiger partial charge < -0.3 is 0 Å². The van der Waals surface area contributed by atoms with E-state index in [1.165, 1.54) is 37.4 Å². The first kappa shape index (κ1) is 12.5. The van der Waals surface area contributed by atoms with E-state index in [1.54, 1.807) is 0 Å². The van der Waals surface area contributed by atoms with Crippen LogP contribution in [-0.4, -0.2) is 13.6 Å². The minimum absolute atomic E-state index is 0.989. The van der Waals surface area contributed by atoms with Gasteiger partial charge in [-0.3, -0.25) is 0 Å². The molecule has 0 aromatic heterocycles. The zero-order valence-corrected chi connectivity index (χ0v) is 10.6. The van der Waals surface area contributed by atoms with Gasteiger partial charge in [0.15, 0.2) is 0 Å². The van der Waals surface area contributed by atoms with Crippen molar-refractivity contribution in [2.24, 2.45) is 0 Å². The normalized spacial score (nSPS) is 12.0. The minimum Gasteiger partial charge on any atom is -0.130 e. The first-order valence-electron chi connectivity index (χ1n) is 5.30. The molecule has 0 fully saturated rings. The molecule has 0 aliphatic heterocycles. The van der Waals surface area contributed by atoms with Crippen LogP contribution in [-0.2, 0) is 0 Å². The quantitative estimate of drug-likeness (QED) is 0.427. The zero-order chi connectivity index (χ0) is 9.45. The molecule has 0 saturated carbocycles. The Morgan fingerprint density at radius 3 is 1.33 bits per heavy atom. The molecule has 0 rings (SSSR count). The summed E-state index contributed by atoms with van der Waals surface area (Å²) in [5.41, 5.74) is 0.989. The van der Waals surface area contributed by atoms with Crippen LogP contribution >= 0.6 is 11.6 Å². The smallest absolute Gasteiger partial charge is 0.0700 e. The van der Waals surface area contributed by atoms with Gasteiger partial charge in [-0.1, -0.05) is 58.2 Å². The lowest BCUT2D eigenvalue weighted by Gasteiger charge is -2.28. The van der Waals surface area contributed by atoms with Gasteiger partial charge in [-0.05, 0) is 0 Å². The van der Waals surface area contributed by atoms with E-state index >= 15 is 0 Å². The van der Waals surface area contributed by atoms with E-state index in [1.807, 2.05) is 0 Å². The SMILES string of the molecule is CCC[Si](CCl)(CCC)CCC. The van der Waals surface area contributed by atoms with Gasteiger partial charge in [-0.2, -0.15) is 0 Å². The summed E-state index contributed by atoms with van der Waals surface area (Å²) in [5.74, 6) is 0. The molecule has 0 aromatic carbocycles. The van der Waals surface area contributed by atoms with Gasteiger partial charge in [-0.15, -0.1) is 11.6 Å². The second-order valence-corrected chi connectivity index (χ2v) is 9.45. The van der Waals surface area contributed by atoms with E-state index in [0.29, 0.717) is 0 Å². The van der Waals surface area contributed by atoms with Crippen molar-refractivity contribution in [1.29, 1.82) is 0 Å². The molecule has 12 heavy (non-hydrogen) atoms. The molecule has 2 heteroatoms. The summed E-state index contributed by atoms with van der Waals surface area (Å²) < 4.78 is 0. The van der Waals surface area contributed by atoms with E-state index in [0.717, 1.165) is 5.50 Å². The Kier molecular flexibility index (Phi) is 7.26. The first-order chi connectivity index (χ1) is 5.74. The molecule has 0 spiro atoms. The minimum atomic E-state index is -1.00. The van der Waals surface area contributed by atoms with Crippen molar-refractivity contribution in [2.45, 2.75) is 58.2 Å². The monoisotopic (exact) mass is 206 g/mol. The average molecular weight is 207 g/mol. The summed E-state index contributed by atoms with van der Waals surface area (Å²) in [7, 11) is -1.00. The highest BCUT2D eigenvalue weighted by molar-refractivity contribution is 6.85. The molecule has 0 N–H and O–H groups in total. The van der Waals surface area contributed by atoms with Crippen LogP contribution in [0, 0.1) is 0 Å². The van der Waals surface area contributed by atoms with E-state index in [-0.39, 0.29) is 0 Å². The van der Waals surface area contributed by atoms with Crippen molar-refractivity contribution in [3.63, 3.8) is 0 Å². The molecular formula is C10H23ClSi. The van der Waals surface area contributed by atoms with Gasteiger partial charge in [0.25, 0.3) is 0 Å². The fourth-order valence-corrected chi connectivity index (χ4v) is 7.70. The fourth-order valence-electron chi connectivity index (χ4n) is 2.17. The molecule has 0 heterocycles. The number of hydrogen-bond acceptors (Lipinski definition) is 0. The molecule has 0 nitrogen and oxygen atoms in total. The predicted octanol–water partition coefficient (Wildman–Crippen LogP) is 4.44. The van der Waals surface area contributed by atoms with Crippen LogP contribution in [0.5, 0.6) is 0 Å². The van der Waals surface area contributed by atoms with Crippen molar-refractivity contribution >= 4 is 19.7 Å². The summed E-state index contributed by atoms with van der Waals surface area (Å²) in [4.78, 5) is 0. The van der Waals surface area contributed by atoms with Crippen LogP contribution in [0.4, 0.5) is 0 Å². The molecule has 0 bridgehead atoms. The highest BCUT2D eigenvalue weighted by Crippen LogP contribution is 2.27. The maximum absolute atomic E-state index is 6.12. The second kappa shape index (κ2) is 6.96. The fraction of sp³-hybridized carbons (Fsp3) is 1.00. The molecule has 0 aliphatic rings. The van der Waals surface area contributed by atoms with Crippen LogP contribution in [0.25, 0.3) is 0 Å². The molecule has 0 radical (unpaired) electrons. The number of hydrogen-bond donors (Lipinski definition) is 0. The van der Waals surface area contributed by atoms with Crippen LogP contribution in [0.15, 0.2) is 0 Å². The highest BCUT2D eigenvalue weighted by Gasteiger charge is 2.28. The van der Waals surface area contributed by atoms with Crippen molar-refractivity contribution in [3.8, 4) is 0 Å². The molecule has 0 aromatic rings. The number of rotatable bonds is 7. The van der Waals surface area contributed by atoms with Gasteiger partial charge in [0.05, 0.1) is 8.07 Å². The molecule has 0 aliphatic carbocycles. The lowest BCUT2D eigenvalue weighted by Crippen LogP contribution is -2.36. The average Bonchev–Trinajstić information content (AvgIpc) is 2.06. The summed E-state index contributed by atoms with van der Waals surface area (Å²) in [5, 5.41) is 0. The standard InChI is InChI=1S/C10H23ClSi/c1-4-7-12(10-11,8-5-2)9-6-3/h4-10H2,1-3H3. The molecule has 0 amide bonds. The Balaban J connectivity index is 4.06. The molecular weight excluding hydrogens is 184 g/mol. The van der Waals surface area contributed by atoms with E-state index < -0.39 is 8.07 Å². The number of alkyl halides is 1. The molecule has 0 unspecified atom stereocenters. The van der Waals surface area contributed by atoms with Crippen molar-refractivity contribution < 1.29 is 0 Å². The second-order valence-electron chi connectivity index (χ2n) is 3.88. The summed E-state index contributed by atoms with van der Waals surface area (Å²) in [6, 6.07) is 4.33. The lowest BCUT2D eigenvalue weighted by molar-refractivity contribution is 0.925. The third-order valence-corrected chi connectivity index (χ3v) is 9.57. The van der Waals surface area contributed by atoms with Crippen LogP contribution < -0.4 is 0 Å². The number of halogens is 1. The van der Waals surface area contributed by atoms with Gasteiger partial charge >= 0.3 is 0 Å². The predicted molar refractivity (Wildman–Crippen MR) is 61.8 cm³/mol. The Hall–Kier alpha value is 0.507. The van der Waals surface area contributed by atoms with Crippen LogP contribution in [0.2, 0.25) is 18.1 Å². The Morgan fingerprint density at radius 1 is 0.833 bits per heavy atom. The van der Waals surface area contributed by atoms with E-state index in [2.05, 4.69) is 20.8 Å². The molecule has 0 atom stereocenters. The van der Waals surface area contributed by atoms with E-state index in [4.69, 9.17) is 11.6 Å². The van der Waals surface area contributed by atoms with Crippen LogP contribution in [0.1, 0.15) is 40.0 Å². The lowest BCUT2D eigenvalue weighted by atomic mass is 10.5. The third-order valence-electron chi connectivity index (χ3n) is 2.62. The molecule has 0 saturated heterocycles. The van der Waals surface area contributed by atoms with Crippen LogP contribution in [0.3, 0.4) is 0 Å². The van der Waals surface area contributed by atoms with Gasteiger partial charge in [-0.25, -0.2) is 0 Å². The largest absolute Gasteiger partial charge is 0.130 e. The maximum atomic E-state index is 6.12. The Bertz CT molecular complexity index is 87.0. The Morgan fingerprint density at radius 2 is 1.17 bits per heavy atom. The van der Waals surface area contributed by atoms with E-state index in [9.17, 15) is 0 Å². The van der Waals surface area contributed by atoms with Gasteiger partial charge in [0, 0.05) is 5.50 Å². The third kappa shape index (κ3) is 3.95. The summed E-state index contributed by atoms with van der Waals surface area (Å²) >= 11 is 6.12. The van der Waals surface area contributed by atoms with Crippen molar-refractivity contribution in [3.05, 3.63) is 0 Å². The molecule has 74 valence electrons. The summed E-state index contributed by atoms with van der Waals surface area (Å²) in [6.45, 7) is 6.87. The van der Waals surface area contributed by atoms with Gasteiger partial charge in [0.2, 0.25) is 0 Å².